The van der Waals surface area contributed by atoms with Crippen molar-refractivity contribution in [2.24, 2.45) is 0 Å². The zero-order valence-electron chi connectivity index (χ0n) is 11.5. The minimum absolute atomic E-state index is 0.0247. The summed E-state index contributed by atoms with van der Waals surface area (Å²) in [5.74, 6) is 0.232. The first kappa shape index (κ1) is 15.8. The Morgan fingerprint density at radius 3 is 2.76 bits per heavy atom. The monoisotopic (exact) mass is 374 g/mol. The van der Waals surface area contributed by atoms with Crippen LogP contribution >= 0.6 is 15.9 Å². The van der Waals surface area contributed by atoms with Crippen molar-refractivity contribution < 1.29 is 13.2 Å². The summed E-state index contributed by atoms with van der Waals surface area (Å²) in [4.78, 5) is 0.0247. The number of H-pyrrole nitrogens is 1. The zero-order valence-corrected chi connectivity index (χ0v) is 13.9. The molecule has 0 spiro atoms. The van der Waals surface area contributed by atoms with Crippen molar-refractivity contribution in [1.29, 1.82) is 0 Å². The van der Waals surface area contributed by atoms with Crippen LogP contribution in [0.15, 0.2) is 33.9 Å². The molecule has 0 saturated heterocycles. The maximum atomic E-state index is 12.6. The standard InChI is InChI=1S/C12H15BrN4O3S/c1-17(7-8-5-15-16-6-8)21(18,19)12-4-10(14)9(13)3-11(12)20-2/h3-6H,7,14H2,1-2H3,(H,15,16). The molecule has 1 heterocycles. The van der Waals surface area contributed by atoms with Gasteiger partial charge < -0.3 is 10.5 Å². The first-order chi connectivity index (χ1) is 9.86. The molecule has 0 unspecified atom stereocenters. The lowest BCUT2D eigenvalue weighted by atomic mass is 10.3. The van der Waals surface area contributed by atoms with Crippen LogP contribution in [0.5, 0.6) is 5.75 Å². The molecule has 2 aromatic rings. The molecule has 0 fully saturated rings. The van der Waals surface area contributed by atoms with Gasteiger partial charge in [-0.15, -0.1) is 0 Å². The summed E-state index contributed by atoms with van der Waals surface area (Å²) in [6, 6.07) is 2.91. The van der Waals surface area contributed by atoms with Gasteiger partial charge in [0.15, 0.2) is 0 Å². The van der Waals surface area contributed by atoms with Crippen LogP contribution in [0.4, 0.5) is 5.69 Å². The summed E-state index contributed by atoms with van der Waals surface area (Å²) in [7, 11) is -0.835. The molecular weight excluding hydrogens is 360 g/mol. The molecule has 1 aromatic heterocycles. The number of anilines is 1. The average Bonchev–Trinajstić information content (AvgIpc) is 2.94. The lowest BCUT2D eigenvalue weighted by molar-refractivity contribution is 0.397. The Kier molecular flexibility index (Phi) is 4.55. The van der Waals surface area contributed by atoms with Crippen LogP contribution < -0.4 is 10.5 Å². The molecule has 2 rings (SSSR count). The van der Waals surface area contributed by atoms with Crippen LogP contribution in [-0.4, -0.2) is 37.1 Å². The number of hydrogen-bond acceptors (Lipinski definition) is 5. The van der Waals surface area contributed by atoms with Gasteiger partial charge in [0.2, 0.25) is 10.0 Å². The molecule has 7 nitrogen and oxygen atoms in total. The Balaban J connectivity index is 2.41. The van der Waals surface area contributed by atoms with Gasteiger partial charge in [-0.25, -0.2) is 8.42 Å². The summed E-state index contributed by atoms with van der Waals surface area (Å²) in [5.41, 5.74) is 6.86. The third kappa shape index (κ3) is 3.20. The van der Waals surface area contributed by atoms with E-state index >= 15 is 0 Å². The number of ether oxygens (including phenoxy) is 1. The number of aromatic nitrogens is 2. The van der Waals surface area contributed by atoms with E-state index in [0.717, 1.165) is 5.56 Å². The normalized spacial score (nSPS) is 11.8. The molecule has 0 saturated carbocycles. The Morgan fingerprint density at radius 1 is 1.48 bits per heavy atom. The van der Waals surface area contributed by atoms with Gasteiger partial charge in [-0.2, -0.15) is 9.40 Å². The highest BCUT2D eigenvalue weighted by atomic mass is 79.9. The Hall–Kier alpha value is -1.58. The summed E-state index contributed by atoms with van der Waals surface area (Å²) >= 11 is 3.25. The highest BCUT2D eigenvalue weighted by Crippen LogP contribution is 2.33. The largest absolute Gasteiger partial charge is 0.495 e. The van der Waals surface area contributed by atoms with E-state index in [9.17, 15) is 8.42 Å². The summed E-state index contributed by atoms with van der Waals surface area (Å²) in [6.45, 7) is 0.192. The second-order valence-electron chi connectivity index (χ2n) is 4.39. The predicted octanol–water partition coefficient (Wildman–Crippen LogP) is 1.58. The maximum absolute atomic E-state index is 12.6. The van der Waals surface area contributed by atoms with E-state index in [0.29, 0.717) is 10.2 Å². The molecule has 0 bridgehead atoms. The predicted molar refractivity (Wildman–Crippen MR) is 82.3 cm³/mol. The number of nitrogens with one attached hydrogen (secondary N) is 1. The van der Waals surface area contributed by atoms with Gasteiger partial charge in [0.05, 0.1) is 13.3 Å². The van der Waals surface area contributed by atoms with Crippen LogP contribution in [0, 0.1) is 0 Å². The van der Waals surface area contributed by atoms with Crippen molar-refractivity contribution in [3.8, 4) is 5.75 Å². The van der Waals surface area contributed by atoms with Crippen LogP contribution in [-0.2, 0) is 16.6 Å². The summed E-state index contributed by atoms with van der Waals surface area (Å²) in [5, 5.41) is 6.44. The minimum Gasteiger partial charge on any atom is -0.495 e. The molecule has 0 aliphatic heterocycles. The lowest BCUT2D eigenvalue weighted by Gasteiger charge is -2.19. The molecule has 114 valence electrons. The number of nitrogens with two attached hydrogens (primary N) is 1. The van der Waals surface area contributed by atoms with Crippen molar-refractivity contribution in [3.63, 3.8) is 0 Å². The fourth-order valence-corrected chi connectivity index (χ4v) is 3.44. The lowest BCUT2D eigenvalue weighted by Crippen LogP contribution is -2.27. The number of methoxy groups -OCH3 is 1. The molecule has 0 aliphatic rings. The number of benzene rings is 1. The van der Waals surface area contributed by atoms with E-state index in [1.165, 1.54) is 30.6 Å². The quantitative estimate of drug-likeness (QED) is 0.773. The van der Waals surface area contributed by atoms with Gasteiger partial charge in [-0.05, 0) is 28.1 Å². The van der Waals surface area contributed by atoms with Gasteiger partial charge in [-0.3, -0.25) is 5.10 Å². The van der Waals surface area contributed by atoms with E-state index in [4.69, 9.17) is 10.5 Å². The van der Waals surface area contributed by atoms with E-state index < -0.39 is 10.0 Å². The van der Waals surface area contributed by atoms with Crippen molar-refractivity contribution in [1.82, 2.24) is 14.5 Å². The van der Waals surface area contributed by atoms with Crippen LogP contribution in [0.2, 0.25) is 0 Å². The van der Waals surface area contributed by atoms with Crippen LogP contribution in [0.1, 0.15) is 5.56 Å². The second-order valence-corrected chi connectivity index (χ2v) is 7.26. The number of sulfonamides is 1. The average molecular weight is 375 g/mol. The topological polar surface area (TPSA) is 101 Å². The number of rotatable bonds is 5. The second kappa shape index (κ2) is 6.04. The van der Waals surface area contributed by atoms with Gasteiger partial charge in [0.25, 0.3) is 0 Å². The third-order valence-electron chi connectivity index (χ3n) is 2.93. The molecule has 3 N–H and O–H groups in total. The van der Waals surface area contributed by atoms with Crippen molar-refractivity contribution in [3.05, 3.63) is 34.6 Å². The zero-order chi connectivity index (χ0) is 15.6. The van der Waals surface area contributed by atoms with E-state index in [1.807, 2.05) is 0 Å². The molecule has 0 amide bonds. The van der Waals surface area contributed by atoms with E-state index in [2.05, 4.69) is 26.1 Å². The number of hydrogen-bond donors (Lipinski definition) is 2. The highest BCUT2D eigenvalue weighted by molar-refractivity contribution is 9.10. The number of aromatic amines is 1. The molecule has 0 radical (unpaired) electrons. The van der Waals surface area contributed by atoms with Crippen LogP contribution in [0.3, 0.4) is 0 Å². The molecule has 0 aliphatic carbocycles. The molecule has 21 heavy (non-hydrogen) atoms. The van der Waals surface area contributed by atoms with Crippen molar-refractivity contribution >= 4 is 31.6 Å². The summed E-state index contributed by atoms with van der Waals surface area (Å²) < 4.78 is 32.2. The highest BCUT2D eigenvalue weighted by Gasteiger charge is 2.26. The first-order valence-corrected chi connectivity index (χ1v) is 8.16. The fraction of sp³-hybridized carbons (Fsp3) is 0.250. The number of nitrogens with zero attached hydrogens (tertiary/aromatic N) is 2. The number of nitrogen functional groups attached to an aromatic ring is 1. The van der Waals surface area contributed by atoms with E-state index in [-0.39, 0.29) is 17.2 Å². The minimum atomic E-state index is -3.73. The molecule has 0 atom stereocenters. The summed E-state index contributed by atoms with van der Waals surface area (Å²) in [6.07, 6.45) is 3.21. The molecule has 1 aromatic carbocycles. The fourth-order valence-electron chi connectivity index (χ4n) is 1.79. The van der Waals surface area contributed by atoms with Gasteiger partial charge in [0, 0.05) is 35.5 Å². The van der Waals surface area contributed by atoms with Crippen LogP contribution in [0.25, 0.3) is 0 Å². The smallest absolute Gasteiger partial charge is 0.246 e. The van der Waals surface area contributed by atoms with Gasteiger partial charge in [-0.1, -0.05) is 0 Å². The first-order valence-electron chi connectivity index (χ1n) is 5.93. The Bertz CT molecular complexity index is 731. The Morgan fingerprint density at radius 2 is 2.19 bits per heavy atom. The van der Waals surface area contributed by atoms with Crippen molar-refractivity contribution in [2.75, 3.05) is 19.9 Å². The molecule has 9 heteroatoms. The van der Waals surface area contributed by atoms with E-state index in [1.54, 1.807) is 12.4 Å². The Labute approximate surface area is 131 Å². The van der Waals surface area contributed by atoms with Gasteiger partial charge >= 0.3 is 0 Å². The number of halogens is 1. The maximum Gasteiger partial charge on any atom is 0.246 e. The SMILES string of the molecule is COc1cc(Br)c(N)cc1S(=O)(=O)N(C)Cc1cn[nH]c1. The molecular formula is C12H15BrN4O3S. The third-order valence-corrected chi connectivity index (χ3v) is 5.44. The van der Waals surface area contributed by atoms with Crippen molar-refractivity contribution in [2.45, 2.75) is 11.4 Å². The van der Waals surface area contributed by atoms with Gasteiger partial charge in [0.1, 0.15) is 10.6 Å².